The third-order valence-corrected chi connectivity index (χ3v) is 3.15. The monoisotopic (exact) mass is 345 g/mol. The van der Waals surface area contributed by atoms with E-state index in [1.165, 1.54) is 0 Å². The van der Waals surface area contributed by atoms with Gasteiger partial charge in [0.15, 0.2) is 0 Å². The number of nitrogens with zero attached hydrogens (tertiary/aromatic N) is 1. The van der Waals surface area contributed by atoms with Crippen LogP contribution in [0.1, 0.15) is 30.3 Å². The summed E-state index contributed by atoms with van der Waals surface area (Å²) >= 11 is 3.26. The quantitative estimate of drug-likeness (QED) is 0.675. The molecule has 20 heavy (non-hydrogen) atoms. The Balaban J connectivity index is 2.79. The Bertz CT molecular complexity index is 527. The minimum absolute atomic E-state index is 0.0373. The number of halogens is 1. The molecule has 0 radical (unpaired) electrons. The van der Waals surface area contributed by atoms with Crippen molar-refractivity contribution in [2.75, 3.05) is 0 Å². The van der Waals surface area contributed by atoms with Gasteiger partial charge in [0.2, 0.25) is 5.91 Å². The average Bonchev–Trinajstić information content (AvgIpc) is 2.74. The summed E-state index contributed by atoms with van der Waals surface area (Å²) in [6.07, 6.45) is 1.59. The van der Waals surface area contributed by atoms with Gasteiger partial charge in [-0.25, -0.2) is 4.79 Å². The van der Waals surface area contributed by atoms with Crippen molar-refractivity contribution in [3.8, 4) is 0 Å². The molecule has 0 saturated heterocycles. The molecule has 8 heteroatoms. The van der Waals surface area contributed by atoms with Crippen molar-refractivity contribution in [3.05, 3.63) is 22.4 Å². The van der Waals surface area contributed by atoms with Crippen molar-refractivity contribution in [1.82, 2.24) is 9.88 Å². The number of rotatable bonds is 7. The van der Waals surface area contributed by atoms with Gasteiger partial charge in [-0.2, -0.15) is 0 Å². The van der Waals surface area contributed by atoms with E-state index in [9.17, 15) is 14.4 Å². The van der Waals surface area contributed by atoms with Crippen LogP contribution in [0.4, 0.5) is 0 Å². The van der Waals surface area contributed by atoms with Crippen LogP contribution in [-0.4, -0.2) is 33.5 Å². The molecule has 2 amide bonds. The van der Waals surface area contributed by atoms with Crippen LogP contribution in [0.3, 0.4) is 0 Å². The van der Waals surface area contributed by atoms with E-state index in [0.29, 0.717) is 12.2 Å². The standard InChI is InChI=1S/C12H16BrN3O4/c1-2-16-6-7(13)5-9(16)11(18)15-8(12(19)20)3-4-10(14)17/h5-6,8H,2-4H2,1H3,(H2,14,17)(H,15,18)(H,19,20). The topological polar surface area (TPSA) is 114 Å². The fourth-order valence-electron chi connectivity index (χ4n) is 1.70. The maximum Gasteiger partial charge on any atom is 0.326 e. The number of carbonyl (C=O) groups excluding carboxylic acids is 2. The number of hydrogen-bond acceptors (Lipinski definition) is 3. The van der Waals surface area contributed by atoms with Gasteiger partial charge in [0.25, 0.3) is 5.91 Å². The van der Waals surface area contributed by atoms with E-state index in [1.807, 2.05) is 6.92 Å². The molecule has 1 aromatic rings. The van der Waals surface area contributed by atoms with Crippen LogP contribution >= 0.6 is 15.9 Å². The van der Waals surface area contributed by atoms with E-state index >= 15 is 0 Å². The summed E-state index contributed by atoms with van der Waals surface area (Å²) in [5.41, 5.74) is 5.33. The molecule has 0 fully saturated rings. The van der Waals surface area contributed by atoms with Crippen LogP contribution in [0.25, 0.3) is 0 Å². The molecule has 0 aliphatic carbocycles. The zero-order valence-corrected chi connectivity index (χ0v) is 12.5. The lowest BCUT2D eigenvalue weighted by molar-refractivity contribution is -0.139. The molecule has 4 N–H and O–H groups in total. The summed E-state index contributed by atoms with van der Waals surface area (Å²) in [7, 11) is 0. The zero-order chi connectivity index (χ0) is 15.3. The van der Waals surface area contributed by atoms with Gasteiger partial charge in [-0.3, -0.25) is 9.59 Å². The summed E-state index contributed by atoms with van der Waals surface area (Å²) in [6, 6.07) is 0.459. The van der Waals surface area contributed by atoms with Gasteiger partial charge in [-0.05, 0) is 35.3 Å². The smallest absolute Gasteiger partial charge is 0.326 e. The highest BCUT2D eigenvalue weighted by Crippen LogP contribution is 2.15. The van der Waals surface area contributed by atoms with Crippen molar-refractivity contribution in [2.45, 2.75) is 32.4 Å². The molecule has 7 nitrogen and oxygen atoms in total. The normalized spacial score (nSPS) is 11.9. The largest absolute Gasteiger partial charge is 0.480 e. The summed E-state index contributed by atoms with van der Waals surface area (Å²) in [4.78, 5) is 33.8. The van der Waals surface area contributed by atoms with Gasteiger partial charge >= 0.3 is 5.97 Å². The molecule has 0 bridgehead atoms. The van der Waals surface area contributed by atoms with Gasteiger partial charge in [0, 0.05) is 23.6 Å². The van der Waals surface area contributed by atoms with Crippen LogP contribution in [-0.2, 0) is 16.1 Å². The molecule has 1 heterocycles. The maximum absolute atomic E-state index is 12.1. The Morgan fingerprint density at radius 2 is 2.15 bits per heavy atom. The number of carbonyl (C=O) groups is 3. The maximum atomic E-state index is 12.1. The second-order valence-corrected chi connectivity index (χ2v) is 5.11. The second kappa shape index (κ2) is 7.09. The highest BCUT2D eigenvalue weighted by Gasteiger charge is 2.22. The van der Waals surface area contributed by atoms with E-state index in [1.54, 1.807) is 16.8 Å². The molecular weight excluding hydrogens is 330 g/mol. The van der Waals surface area contributed by atoms with Crippen molar-refractivity contribution in [3.63, 3.8) is 0 Å². The molecule has 0 saturated carbocycles. The van der Waals surface area contributed by atoms with E-state index < -0.39 is 23.8 Å². The number of carboxylic acids is 1. The van der Waals surface area contributed by atoms with Crippen molar-refractivity contribution in [1.29, 1.82) is 0 Å². The lowest BCUT2D eigenvalue weighted by Gasteiger charge is -2.14. The third-order valence-electron chi connectivity index (χ3n) is 2.72. The Labute approximate surface area is 124 Å². The molecule has 110 valence electrons. The number of aryl methyl sites for hydroxylation is 1. The van der Waals surface area contributed by atoms with Gasteiger partial charge in [-0.15, -0.1) is 0 Å². The zero-order valence-electron chi connectivity index (χ0n) is 10.9. The molecule has 1 aromatic heterocycles. The number of aromatic nitrogens is 1. The predicted octanol–water partition coefficient (Wildman–Crippen LogP) is 0.719. The highest BCUT2D eigenvalue weighted by molar-refractivity contribution is 9.10. The molecule has 1 unspecified atom stereocenters. The first-order valence-electron chi connectivity index (χ1n) is 6.02. The fourth-order valence-corrected chi connectivity index (χ4v) is 2.17. The number of amides is 2. The Kier molecular flexibility index (Phi) is 5.75. The third kappa shape index (κ3) is 4.37. The summed E-state index contributed by atoms with van der Waals surface area (Å²) in [5.74, 6) is -2.31. The number of nitrogens with one attached hydrogen (secondary N) is 1. The number of aliphatic carboxylic acids is 1. The number of primary amides is 1. The van der Waals surface area contributed by atoms with E-state index in [-0.39, 0.29) is 12.8 Å². The molecule has 0 spiro atoms. The minimum Gasteiger partial charge on any atom is -0.480 e. The van der Waals surface area contributed by atoms with Crippen LogP contribution in [0.2, 0.25) is 0 Å². The predicted molar refractivity (Wildman–Crippen MR) is 75.1 cm³/mol. The SMILES string of the molecule is CCn1cc(Br)cc1C(=O)NC(CCC(N)=O)C(=O)O. The Morgan fingerprint density at radius 1 is 1.50 bits per heavy atom. The van der Waals surface area contributed by atoms with Crippen LogP contribution < -0.4 is 11.1 Å². The van der Waals surface area contributed by atoms with Gasteiger partial charge in [0.1, 0.15) is 11.7 Å². The highest BCUT2D eigenvalue weighted by atomic mass is 79.9. The van der Waals surface area contributed by atoms with Crippen molar-refractivity contribution < 1.29 is 19.5 Å². The molecule has 1 rings (SSSR count). The van der Waals surface area contributed by atoms with Crippen LogP contribution in [0.5, 0.6) is 0 Å². The summed E-state index contributed by atoms with van der Waals surface area (Å²) < 4.78 is 2.42. The van der Waals surface area contributed by atoms with Crippen molar-refractivity contribution >= 4 is 33.7 Å². The Hall–Kier alpha value is -1.83. The minimum atomic E-state index is -1.20. The van der Waals surface area contributed by atoms with E-state index in [0.717, 1.165) is 4.47 Å². The number of carboxylic acid groups (broad SMARTS) is 1. The van der Waals surface area contributed by atoms with Crippen molar-refractivity contribution in [2.24, 2.45) is 5.73 Å². The van der Waals surface area contributed by atoms with Gasteiger partial charge in [-0.1, -0.05) is 0 Å². The molecular formula is C12H16BrN3O4. The molecule has 0 aliphatic heterocycles. The molecule has 0 aliphatic rings. The first-order valence-corrected chi connectivity index (χ1v) is 6.82. The fraction of sp³-hybridized carbons (Fsp3) is 0.417. The van der Waals surface area contributed by atoms with Gasteiger partial charge < -0.3 is 20.7 Å². The molecule has 1 atom stereocenters. The lowest BCUT2D eigenvalue weighted by Crippen LogP contribution is -2.42. The number of hydrogen-bond donors (Lipinski definition) is 3. The first-order chi connectivity index (χ1) is 9.35. The van der Waals surface area contributed by atoms with E-state index in [4.69, 9.17) is 10.8 Å². The summed E-state index contributed by atoms with van der Waals surface area (Å²) in [5, 5.41) is 11.4. The van der Waals surface area contributed by atoms with Crippen LogP contribution in [0.15, 0.2) is 16.7 Å². The average molecular weight is 346 g/mol. The molecule has 0 aromatic carbocycles. The van der Waals surface area contributed by atoms with E-state index in [2.05, 4.69) is 21.2 Å². The lowest BCUT2D eigenvalue weighted by atomic mass is 10.1. The van der Waals surface area contributed by atoms with Crippen LogP contribution in [0, 0.1) is 0 Å². The second-order valence-electron chi connectivity index (χ2n) is 4.20. The summed E-state index contributed by atoms with van der Waals surface area (Å²) in [6.45, 7) is 2.44. The number of nitrogens with two attached hydrogens (primary N) is 1. The Morgan fingerprint density at radius 3 is 2.65 bits per heavy atom. The van der Waals surface area contributed by atoms with Gasteiger partial charge in [0.05, 0.1) is 0 Å². The first kappa shape index (κ1) is 16.2.